The number of rotatable bonds is 5. The average Bonchev–Trinajstić information content (AvgIpc) is 2.82. The van der Waals surface area contributed by atoms with Gasteiger partial charge in [0.25, 0.3) is 0 Å². The van der Waals surface area contributed by atoms with Crippen LogP contribution in [-0.4, -0.2) is 22.8 Å². The summed E-state index contributed by atoms with van der Waals surface area (Å²) in [6.45, 7) is 0.391. The highest BCUT2D eigenvalue weighted by atomic mass is 35.5. The van der Waals surface area contributed by atoms with Crippen LogP contribution in [0.25, 0.3) is 0 Å². The summed E-state index contributed by atoms with van der Waals surface area (Å²) in [5, 5.41) is 7.26. The van der Waals surface area contributed by atoms with Crippen LogP contribution in [0.15, 0.2) is 30.5 Å². The van der Waals surface area contributed by atoms with E-state index in [9.17, 15) is 4.79 Å². The first-order valence-corrected chi connectivity index (χ1v) is 6.35. The first kappa shape index (κ1) is 14.2. The van der Waals surface area contributed by atoms with Gasteiger partial charge in [0.1, 0.15) is 18.1 Å². The Labute approximate surface area is 121 Å². The van der Waals surface area contributed by atoms with E-state index < -0.39 is 0 Å². The average molecular weight is 295 g/mol. The van der Waals surface area contributed by atoms with Crippen LogP contribution in [0.2, 0.25) is 5.02 Å². The molecule has 0 bridgehead atoms. The van der Waals surface area contributed by atoms with Crippen LogP contribution < -0.4 is 15.8 Å². The summed E-state index contributed by atoms with van der Waals surface area (Å²) >= 11 is 6.09. The molecule has 0 radical (unpaired) electrons. The Morgan fingerprint density at radius 3 is 2.95 bits per heavy atom. The molecule has 0 saturated carbocycles. The van der Waals surface area contributed by atoms with Crippen molar-refractivity contribution in [3.8, 4) is 5.75 Å². The number of nitrogen functional groups attached to an aromatic ring is 1. The minimum atomic E-state index is -0.185. The van der Waals surface area contributed by atoms with Crippen molar-refractivity contribution in [2.45, 2.75) is 13.1 Å². The third-order valence-corrected chi connectivity index (χ3v) is 3.08. The maximum atomic E-state index is 11.8. The Morgan fingerprint density at radius 2 is 2.30 bits per heavy atom. The first-order chi connectivity index (χ1) is 9.60. The van der Waals surface area contributed by atoms with Gasteiger partial charge in [0.2, 0.25) is 5.91 Å². The molecule has 0 fully saturated rings. The normalized spacial score (nSPS) is 10.3. The second kappa shape index (κ2) is 6.29. The Bertz CT molecular complexity index is 612. The summed E-state index contributed by atoms with van der Waals surface area (Å²) in [7, 11) is 1.56. The maximum Gasteiger partial charge on any atom is 0.242 e. The van der Waals surface area contributed by atoms with Crippen molar-refractivity contribution in [3.05, 3.63) is 41.0 Å². The molecule has 106 valence electrons. The fourth-order valence-electron chi connectivity index (χ4n) is 1.76. The minimum absolute atomic E-state index is 0.101. The van der Waals surface area contributed by atoms with Gasteiger partial charge in [-0.1, -0.05) is 17.7 Å². The Kier molecular flexibility index (Phi) is 4.47. The summed E-state index contributed by atoms with van der Waals surface area (Å²) in [5.74, 6) is 0.835. The molecule has 2 rings (SSSR count). The number of hydrogen-bond acceptors (Lipinski definition) is 4. The summed E-state index contributed by atoms with van der Waals surface area (Å²) in [6.07, 6.45) is 1.64. The van der Waals surface area contributed by atoms with Crippen molar-refractivity contribution in [2.24, 2.45) is 0 Å². The van der Waals surface area contributed by atoms with E-state index in [1.807, 2.05) is 0 Å². The molecule has 3 N–H and O–H groups in total. The molecule has 0 aliphatic carbocycles. The van der Waals surface area contributed by atoms with Crippen LogP contribution in [0.4, 0.5) is 5.82 Å². The highest BCUT2D eigenvalue weighted by Gasteiger charge is 2.10. The van der Waals surface area contributed by atoms with Crippen LogP contribution >= 0.6 is 11.6 Å². The fourth-order valence-corrected chi connectivity index (χ4v) is 1.99. The molecule has 0 unspecified atom stereocenters. The van der Waals surface area contributed by atoms with Gasteiger partial charge < -0.3 is 15.8 Å². The van der Waals surface area contributed by atoms with Crippen molar-refractivity contribution in [3.63, 3.8) is 0 Å². The van der Waals surface area contributed by atoms with Gasteiger partial charge in [0, 0.05) is 23.3 Å². The van der Waals surface area contributed by atoms with Crippen molar-refractivity contribution < 1.29 is 9.53 Å². The molecule has 1 amide bonds. The quantitative estimate of drug-likeness (QED) is 0.874. The van der Waals surface area contributed by atoms with Gasteiger partial charge in [-0.05, 0) is 18.2 Å². The van der Waals surface area contributed by atoms with Crippen molar-refractivity contribution >= 4 is 23.3 Å². The molecular formula is C13H15ClN4O2. The fraction of sp³-hybridized carbons (Fsp3) is 0.231. The standard InChI is InChI=1S/C13H15ClN4O2/c1-20-11-4-2-3-10(14)9(11)7-16-13(19)8-18-6-5-12(15)17-18/h2-6H,7-8H2,1H3,(H2,15,17)(H,16,19). The van der Waals surface area contributed by atoms with Crippen LogP contribution in [0, 0.1) is 0 Å². The lowest BCUT2D eigenvalue weighted by Crippen LogP contribution is -2.27. The number of anilines is 1. The van der Waals surface area contributed by atoms with Gasteiger partial charge in [-0.25, -0.2) is 0 Å². The van der Waals surface area contributed by atoms with Crippen molar-refractivity contribution in [1.29, 1.82) is 0 Å². The molecule has 0 atom stereocenters. The zero-order valence-electron chi connectivity index (χ0n) is 11.0. The topological polar surface area (TPSA) is 82.2 Å². The molecular weight excluding hydrogens is 280 g/mol. The number of hydrogen-bond donors (Lipinski definition) is 2. The van der Waals surface area contributed by atoms with E-state index in [4.69, 9.17) is 22.1 Å². The lowest BCUT2D eigenvalue weighted by Gasteiger charge is -2.11. The van der Waals surface area contributed by atoms with E-state index in [0.717, 1.165) is 5.56 Å². The maximum absolute atomic E-state index is 11.8. The molecule has 20 heavy (non-hydrogen) atoms. The molecule has 1 heterocycles. The SMILES string of the molecule is COc1cccc(Cl)c1CNC(=O)Cn1ccc(N)n1. The number of halogens is 1. The monoisotopic (exact) mass is 294 g/mol. The van der Waals surface area contributed by atoms with Gasteiger partial charge in [-0.2, -0.15) is 5.10 Å². The molecule has 6 nitrogen and oxygen atoms in total. The summed E-state index contributed by atoms with van der Waals surface area (Å²) in [4.78, 5) is 11.8. The van der Waals surface area contributed by atoms with Crippen LogP contribution in [0.5, 0.6) is 5.75 Å². The van der Waals surface area contributed by atoms with Crippen molar-refractivity contribution in [1.82, 2.24) is 15.1 Å². The summed E-state index contributed by atoms with van der Waals surface area (Å²) in [5.41, 5.74) is 6.22. The van der Waals surface area contributed by atoms with Crippen LogP contribution in [-0.2, 0) is 17.9 Å². The van der Waals surface area contributed by atoms with E-state index in [2.05, 4.69) is 10.4 Å². The van der Waals surface area contributed by atoms with Gasteiger partial charge in [-0.3, -0.25) is 9.48 Å². The Hall–Kier alpha value is -2.21. The second-order valence-electron chi connectivity index (χ2n) is 4.14. The minimum Gasteiger partial charge on any atom is -0.496 e. The molecule has 1 aromatic carbocycles. The number of amides is 1. The molecule has 0 aliphatic rings. The number of nitrogens with zero attached hydrogens (tertiary/aromatic N) is 2. The molecule has 1 aromatic heterocycles. The second-order valence-corrected chi connectivity index (χ2v) is 4.54. The highest BCUT2D eigenvalue weighted by Crippen LogP contribution is 2.25. The van der Waals surface area contributed by atoms with Gasteiger partial charge in [0.15, 0.2) is 0 Å². The number of carbonyl (C=O) groups is 1. The summed E-state index contributed by atoms with van der Waals surface area (Å²) < 4.78 is 6.68. The van der Waals surface area contributed by atoms with E-state index in [1.54, 1.807) is 37.6 Å². The number of carbonyl (C=O) groups excluding carboxylic acids is 1. The van der Waals surface area contributed by atoms with E-state index in [-0.39, 0.29) is 12.5 Å². The van der Waals surface area contributed by atoms with Gasteiger partial charge in [0.05, 0.1) is 7.11 Å². The molecule has 7 heteroatoms. The largest absolute Gasteiger partial charge is 0.496 e. The Balaban J connectivity index is 1.97. The van der Waals surface area contributed by atoms with E-state index in [1.165, 1.54) is 4.68 Å². The summed E-state index contributed by atoms with van der Waals surface area (Å²) in [6, 6.07) is 6.96. The number of aromatic nitrogens is 2. The van der Waals surface area contributed by atoms with Gasteiger partial charge in [-0.15, -0.1) is 0 Å². The molecule has 0 aliphatic heterocycles. The first-order valence-electron chi connectivity index (χ1n) is 5.97. The van der Waals surface area contributed by atoms with Crippen LogP contribution in [0.1, 0.15) is 5.56 Å². The third-order valence-electron chi connectivity index (χ3n) is 2.73. The van der Waals surface area contributed by atoms with Crippen LogP contribution in [0.3, 0.4) is 0 Å². The van der Waals surface area contributed by atoms with E-state index >= 15 is 0 Å². The third kappa shape index (κ3) is 3.42. The number of ether oxygens (including phenoxy) is 1. The zero-order chi connectivity index (χ0) is 14.5. The number of benzene rings is 1. The molecule has 0 spiro atoms. The number of methoxy groups -OCH3 is 1. The van der Waals surface area contributed by atoms with Crippen molar-refractivity contribution in [2.75, 3.05) is 12.8 Å². The lowest BCUT2D eigenvalue weighted by atomic mass is 10.2. The number of nitrogens with one attached hydrogen (secondary N) is 1. The molecule has 2 aromatic rings. The predicted molar refractivity (Wildman–Crippen MR) is 76.5 cm³/mol. The van der Waals surface area contributed by atoms with E-state index in [0.29, 0.717) is 23.1 Å². The smallest absolute Gasteiger partial charge is 0.242 e. The Morgan fingerprint density at radius 1 is 1.50 bits per heavy atom. The predicted octanol–water partition coefficient (Wildman–Crippen LogP) is 1.44. The zero-order valence-corrected chi connectivity index (χ0v) is 11.7. The highest BCUT2D eigenvalue weighted by molar-refractivity contribution is 6.31. The number of nitrogens with two attached hydrogens (primary N) is 1. The molecule has 0 saturated heterocycles. The van der Waals surface area contributed by atoms with Gasteiger partial charge >= 0.3 is 0 Å². The lowest BCUT2D eigenvalue weighted by molar-refractivity contribution is -0.122.